The molecular weight excluding hydrogens is 338 g/mol. The van der Waals surface area contributed by atoms with E-state index in [1.807, 2.05) is 54.6 Å². The maximum Gasteiger partial charge on any atom is 0.226 e. The van der Waals surface area contributed by atoms with Gasteiger partial charge in [0.2, 0.25) is 11.7 Å². The fourth-order valence-electron chi connectivity index (χ4n) is 4.12. The Labute approximate surface area is 158 Å². The molecule has 1 fully saturated rings. The van der Waals surface area contributed by atoms with E-state index in [0.717, 1.165) is 52.0 Å². The molecule has 2 aromatic carbocycles. The predicted octanol–water partition coefficient (Wildman–Crippen LogP) is 1.80. The molecule has 0 radical (unpaired) electrons. The molecule has 0 saturated carbocycles. The van der Waals surface area contributed by atoms with Gasteiger partial charge in [-0.1, -0.05) is 48.5 Å². The molecule has 0 spiro atoms. The molecule has 138 valence electrons. The number of carbonyl (C=O) groups excluding carboxylic acids is 2. The van der Waals surface area contributed by atoms with Crippen molar-refractivity contribution in [2.75, 3.05) is 19.6 Å². The number of hydrogen-bond donors (Lipinski definition) is 3. The number of hydrogen-bond acceptors (Lipinski definition) is 2. The van der Waals surface area contributed by atoms with Gasteiger partial charge in [-0.05, 0) is 24.5 Å². The zero-order valence-corrected chi connectivity index (χ0v) is 15.2. The van der Waals surface area contributed by atoms with Crippen LogP contribution in [-0.4, -0.2) is 36.3 Å². The summed E-state index contributed by atoms with van der Waals surface area (Å²) >= 11 is 0. The number of ketones is 1. The summed E-state index contributed by atoms with van der Waals surface area (Å²) in [6.07, 6.45) is 1.75. The van der Waals surface area contributed by atoms with Crippen molar-refractivity contribution in [2.45, 2.75) is 12.8 Å². The Balaban J connectivity index is 1.68. The topological polar surface area (TPSA) is 80.4 Å². The molecule has 27 heavy (non-hydrogen) atoms. The van der Waals surface area contributed by atoms with Gasteiger partial charge in [0.25, 0.3) is 0 Å². The van der Waals surface area contributed by atoms with E-state index in [1.54, 1.807) is 0 Å². The van der Waals surface area contributed by atoms with Gasteiger partial charge >= 0.3 is 0 Å². The third-order valence-corrected chi connectivity index (χ3v) is 5.48. The van der Waals surface area contributed by atoms with Crippen molar-refractivity contribution in [3.8, 4) is 11.3 Å². The van der Waals surface area contributed by atoms with Gasteiger partial charge in [-0.3, -0.25) is 9.59 Å². The second kappa shape index (κ2) is 7.37. The maximum absolute atomic E-state index is 13.3. The average molecular weight is 362 g/mol. The van der Waals surface area contributed by atoms with Crippen molar-refractivity contribution in [2.24, 2.45) is 11.7 Å². The molecule has 4 rings (SSSR count). The van der Waals surface area contributed by atoms with Crippen molar-refractivity contribution < 1.29 is 14.5 Å². The minimum Gasteiger partial charge on any atom is -0.369 e. The molecule has 1 saturated heterocycles. The fraction of sp³-hybridized carbons (Fsp3) is 0.273. The Morgan fingerprint density at radius 2 is 1.81 bits per heavy atom. The Hall–Kier alpha value is -2.92. The van der Waals surface area contributed by atoms with E-state index in [9.17, 15) is 9.59 Å². The number of nitrogens with two attached hydrogens (primary N) is 1. The summed E-state index contributed by atoms with van der Waals surface area (Å²) in [7, 11) is 0. The summed E-state index contributed by atoms with van der Waals surface area (Å²) in [6.45, 7) is 1.92. The molecule has 0 aliphatic carbocycles. The van der Waals surface area contributed by atoms with Crippen LogP contribution in [0.2, 0.25) is 0 Å². The first-order valence-electron chi connectivity index (χ1n) is 9.45. The number of piperidine rings is 1. The Morgan fingerprint density at radius 1 is 1.07 bits per heavy atom. The smallest absolute Gasteiger partial charge is 0.226 e. The first-order valence-corrected chi connectivity index (χ1v) is 9.45. The number of nitrogens with one attached hydrogen (secondary N) is 2. The summed E-state index contributed by atoms with van der Waals surface area (Å²) in [5.41, 5.74) is 9.06. The van der Waals surface area contributed by atoms with Crippen molar-refractivity contribution in [1.29, 1.82) is 0 Å². The molecule has 2 atom stereocenters. The molecule has 3 aromatic rings. The standard InChI is InChI=1S/C22H23N3O2/c23-22(27)16-9-6-12-25(13-16)14-19(26)20-17-10-4-5-11-18(17)24-21(20)15-7-2-1-3-8-15/h1-5,7-8,10-11,16,24H,6,9,12-14H2,(H2,23,27)/p+1/t16-/m1/s1. The average Bonchev–Trinajstić information content (AvgIpc) is 3.08. The van der Waals surface area contributed by atoms with Crippen LogP contribution < -0.4 is 10.6 Å². The lowest BCUT2D eigenvalue weighted by Crippen LogP contribution is -3.14. The second-order valence-electron chi connectivity index (χ2n) is 7.33. The molecular formula is C22H24N3O2+. The van der Waals surface area contributed by atoms with Crippen LogP contribution in [0.5, 0.6) is 0 Å². The third kappa shape index (κ3) is 3.51. The van der Waals surface area contributed by atoms with Crippen LogP contribution in [0.25, 0.3) is 22.2 Å². The van der Waals surface area contributed by atoms with E-state index >= 15 is 0 Å². The first kappa shape index (κ1) is 17.5. The SMILES string of the molecule is NC(=O)[C@@H]1CCC[NH+](CC(=O)c2c(-c3ccccc3)[nH]c3ccccc23)C1. The number of primary amides is 1. The summed E-state index contributed by atoms with van der Waals surface area (Å²) in [5, 5.41) is 0.948. The zero-order valence-electron chi connectivity index (χ0n) is 15.2. The molecule has 1 aromatic heterocycles. The van der Waals surface area contributed by atoms with Gasteiger partial charge in [-0.25, -0.2) is 0 Å². The highest BCUT2D eigenvalue weighted by molar-refractivity contribution is 6.13. The lowest BCUT2D eigenvalue weighted by molar-refractivity contribution is -0.898. The number of para-hydroxylation sites is 1. The highest BCUT2D eigenvalue weighted by Gasteiger charge is 2.30. The molecule has 5 heteroatoms. The number of rotatable bonds is 5. The lowest BCUT2D eigenvalue weighted by Gasteiger charge is -2.27. The molecule has 1 aliphatic heterocycles. The maximum atomic E-state index is 13.3. The van der Waals surface area contributed by atoms with Gasteiger partial charge in [-0.2, -0.15) is 0 Å². The molecule has 5 nitrogen and oxygen atoms in total. The van der Waals surface area contributed by atoms with Crippen LogP contribution in [0.4, 0.5) is 0 Å². The number of likely N-dealkylation sites (tertiary alicyclic amines) is 1. The number of amides is 1. The van der Waals surface area contributed by atoms with Gasteiger partial charge in [0.15, 0.2) is 0 Å². The molecule has 0 bridgehead atoms. The van der Waals surface area contributed by atoms with Crippen LogP contribution in [0.15, 0.2) is 54.6 Å². The number of Topliss-reactive ketones (excluding diaryl/α,β-unsaturated/α-hetero) is 1. The zero-order chi connectivity index (χ0) is 18.8. The van der Waals surface area contributed by atoms with Crippen LogP contribution in [-0.2, 0) is 4.79 Å². The van der Waals surface area contributed by atoms with E-state index in [2.05, 4.69) is 4.98 Å². The molecule has 2 heterocycles. The number of carbonyl (C=O) groups is 2. The Bertz CT molecular complexity index is 978. The van der Waals surface area contributed by atoms with E-state index in [1.165, 1.54) is 0 Å². The van der Waals surface area contributed by atoms with Gasteiger partial charge in [0.1, 0.15) is 6.54 Å². The number of H-pyrrole nitrogens is 1. The molecule has 4 N–H and O–H groups in total. The highest BCUT2D eigenvalue weighted by Crippen LogP contribution is 2.30. The fourth-order valence-corrected chi connectivity index (χ4v) is 4.12. The quantitative estimate of drug-likeness (QED) is 0.605. The first-order chi connectivity index (χ1) is 13.1. The van der Waals surface area contributed by atoms with Crippen molar-refractivity contribution in [3.63, 3.8) is 0 Å². The summed E-state index contributed by atoms with van der Waals surface area (Å²) in [6, 6.07) is 17.9. The lowest BCUT2D eigenvalue weighted by atomic mass is 9.96. The monoisotopic (exact) mass is 362 g/mol. The van der Waals surface area contributed by atoms with E-state index in [0.29, 0.717) is 13.1 Å². The Morgan fingerprint density at radius 3 is 2.59 bits per heavy atom. The Kier molecular flexibility index (Phi) is 4.77. The van der Waals surface area contributed by atoms with Crippen molar-refractivity contribution in [3.05, 3.63) is 60.2 Å². The van der Waals surface area contributed by atoms with Crippen LogP contribution >= 0.6 is 0 Å². The van der Waals surface area contributed by atoms with Crippen LogP contribution in [0.1, 0.15) is 23.2 Å². The molecule has 1 aliphatic rings. The number of quaternary nitrogens is 1. The van der Waals surface area contributed by atoms with E-state index in [4.69, 9.17) is 5.73 Å². The van der Waals surface area contributed by atoms with Crippen molar-refractivity contribution >= 4 is 22.6 Å². The predicted molar refractivity (Wildman–Crippen MR) is 106 cm³/mol. The molecule has 1 unspecified atom stereocenters. The van der Waals surface area contributed by atoms with Gasteiger partial charge in [0, 0.05) is 10.9 Å². The molecule has 1 amide bonds. The summed E-state index contributed by atoms with van der Waals surface area (Å²) in [4.78, 5) is 29.4. The van der Waals surface area contributed by atoms with Crippen LogP contribution in [0, 0.1) is 5.92 Å². The van der Waals surface area contributed by atoms with E-state index in [-0.39, 0.29) is 17.6 Å². The van der Waals surface area contributed by atoms with Crippen LogP contribution in [0.3, 0.4) is 0 Å². The third-order valence-electron chi connectivity index (χ3n) is 5.48. The number of fused-ring (bicyclic) bond motifs is 1. The largest absolute Gasteiger partial charge is 0.369 e. The summed E-state index contributed by atoms with van der Waals surface area (Å²) < 4.78 is 0. The van der Waals surface area contributed by atoms with Gasteiger partial charge in [0.05, 0.1) is 30.3 Å². The van der Waals surface area contributed by atoms with Gasteiger partial charge in [-0.15, -0.1) is 0 Å². The number of aromatic amines is 1. The second-order valence-corrected chi connectivity index (χ2v) is 7.33. The number of benzene rings is 2. The highest BCUT2D eigenvalue weighted by atomic mass is 16.1. The van der Waals surface area contributed by atoms with Gasteiger partial charge < -0.3 is 15.6 Å². The van der Waals surface area contributed by atoms with Crippen molar-refractivity contribution in [1.82, 2.24) is 4.98 Å². The minimum atomic E-state index is -0.253. The number of aromatic nitrogens is 1. The normalized spacial score (nSPS) is 19.9. The summed E-state index contributed by atoms with van der Waals surface area (Å²) in [5.74, 6) is -0.277. The minimum absolute atomic E-state index is 0.103. The van der Waals surface area contributed by atoms with E-state index < -0.39 is 0 Å².